The van der Waals surface area contributed by atoms with Gasteiger partial charge < -0.3 is 5.11 Å². The van der Waals surface area contributed by atoms with E-state index in [1.807, 2.05) is 0 Å². The molecule has 8 nitrogen and oxygen atoms in total. The Bertz CT molecular complexity index is 401. The molecule has 2 aliphatic heterocycles. The molecule has 0 aromatic carbocycles. The molecule has 0 aliphatic carbocycles. The van der Waals surface area contributed by atoms with Crippen LogP contribution in [0.4, 0.5) is 0 Å². The molecule has 0 saturated carbocycles. The monoisotopic (exact) mass is 178 g/mol. The van der Waals surface area contributed by atoms with Crippen LogP contribution < -0.4 is 0 Å². The van der Waals surface area contributed by atoms with E-state index < -0.39 is 5.97 Å². The van der Waals surface area contributed by atoms with Crippen molar-refractivity contribution in [1.82, 2.24) is 0 Å². The fourth-order valence-electron chi connectivity index (χ4n) is 0.714. The van der Waals surface area contributed by atoms with Gasteiger partial charge in [-0.05, 0) is 0 Å². The molecule has 0 saturated heterocycles. The SMILES string of the molecule is O=C(O)C1=NC(=C2N=CN=N2)N=N1. The molecule has 0 amide bonds. The molecule has 1 N–H and O–H groups in total. The highest BCUT2D eigenvalue weighted by Crippen LogP contribution is 2.18. The van der Waals surface area contributed by atoms with Gasteiger partial charge in [-0.3, -0.25) is 0 Å². The summed E-state index contributed by atoms with van der Waals surface area (Å²) in [6, 6.07) is 0. The van der Waals surface area contributed by atoms with Gasteiger partial charge in [0.15, 0.2) is 0 Å². The molecule has 8 heteroatoms. The summed E-state index contributed by atoms with van der Waals surface area (Å²) in [7, 11) is 0. The van der Waals surface area contributed by atoms with Gasteiger partial charge in [0.05, 0.1) is 0 Å². The number of carboxylic acids is 1. The number of azo groups is 2. The third-order valence-corrected chi connectivity index (χ3v) is 1.23. The van der Waals surface area contributed by atoms with Crippen molar-refractivity contribution in [2.75, 3.05) is 0 Å². The molecular formula is C5H2N6O2. The number of carbonyl (C=O) groups is 1. The Kier molecular flexibility index (Phi) is 1.51. The van der Waals surface area contributed by atoms with E-state index in [9.17, 15) is 4.79 Å². The zero-order valence-corrected chi connectivity index (χ0v) is 6.12. The predicted molar refractivity (Wildman–Crippen MR) is 40.3 cm³/mol. The zero-order valence-electron chi connectivity index (χ0n) is 6.12. The number of aliphatic imine (C=N–C) groups is 2. The highest BCUT2D eigenvalue weighted by atomic mass is 16.4. The van der Waals surface area contributed by atoms with Crippen LogP contribution in [0.15, 0.2) is 42.1 Å². The number of aliphatic carboxylic acids is 1. The highest BCUT2D eigenvalue weighted by Gasteiger charge is 2.18. The fourth-order valence-corrected chi connectivity index (χ4v) is 0.714. The summed E-state index contributed by atoms with van der Waals surface area (Å²) < 4.78 is 0. The zero-order chi connectivity index (χ0) is 9.26. The van der Waals surface area contributed by atoms with Crippen molar-refractivity contribution in [1.29, 1.82) is 0 Å². The van der Waals surface area contributed by atoms with E-state index in [1.165, 1.54) is 6.34 Å². The van der Waals surface area contributed by atoms with E-state index in [4.69, 9.17) is 5.11 Å². The van der Waals surface area contributed by atoms with Gasteiger partial charge in [0.2, 0.25) is 11.6 Å². The summed E-state index contributed by atoms with van der Waals surface area (Å²) in [5.74, 6) is -1.38. The lowest BCUT2D eigenvalue weighted by Gasteiger charge is -1.84. The molecule has 0 fully saturated rings. The predicted octanol–water partition coefficient (Wildman–Crippen LogP) is 0.556. The summed E-state index contributed by atoms with van der Waals surface area (Å²) in [6.07, 6.45) is 1.21. The quantitative estimate of drug-likeness (QED) is 0.632. The van der Waals surface area contributed by atoms with Crippen molar-refractivity contribution in [2.45, 2.75) is 0 Å². The maximum absolute atomic E-state index is 10.4. The molecule has 0 aromatic heterocycles. The lowest BCUT2D eigenvalue weighted by Crippen LogP contribution is -2.06. The molecule has 0 radical (unpaired) electrons. The topological polar surface area (TPSA) is 111 Å². The average Bonchev–Trinajstić information content (AvgIpc) is 2.75. The van der Waals surface area contributed by atoms with Crippen LogP contribution in [0, 0.1) is 0 Å². The van der Waals surface area contributed by atoms with E-state index >= 15 is 0 Å². The summed E-state index contributed by atoms with van der Waals surface area (Å²) in [5, 5.41) is 22.2. The van der Waals surface area contributed by atoms with Gasteiger partial charge in [-0.25, -0.2) is 9.79 Å². The average molecular weight is 178 g/mol. The molecule has 13 heavy (non-hydrogen) atoms. The lowest BCUT2D eigenvalue weighted by atomic mass is 10.6. The molecule has 0 unspecified atom stereocenters. The van der Waals surface area contributed by atoms with Crippen molar-refractivity contribution < 1.29 is 9.90 Å². The second-order valence-corrected chi connectivity index (χ2v) is 2.05. The molecule has 2 rings (SSSR count). The van der Waals surface area contributed by atoms with Gasteiger partial charge in [0, 0.05) is 0 Å². The van der Waals surface area contributed by atoms with Gasteiger partial charge in [-0.15, -0.1) is 20.5 Å². The normalized spacial score (nSPS) is 24.2. The van der Waals surface area contributed by atoms with Crippen LogP contribution in [0.25, 0.3) is 0 Å². The first-order chi connectivity index (χ1) is 6.27. The van der Waals surface area contributed by atoms with Crippen LogP contribution >= 0.6 is 0 Å². The second kappa shape index (κ2) is 2.66. The van der Waals surface area contributed by atoms with E-state index in [2.05, 4.69) is 30.4 Å². The molecule has 2 aliphatic rings. The maximum atomic E-state index is 10.4. The number of hydrogen-bond acceptors (Lipinski definition) is 7. The third-order valence-electron chi connectivity index (χ3n) is 1.23. The van der Waals surface area contributed by atoms with Crippen LogP contribution in [0.2, 0.25) is 0 Å². The first-order valence-electron chi connectivity index (χ1n) is 3.19. The maximum Gasteiger partial charge on any atom is 0.375 e. The van der Waals surface area contributed by atoms with Gasteiger partial charge in [0.25, 0.3) is 5.84 Å². The van der Waals surface area contributed by atoms with Crippen LogP contribution in [0.3, 0.4) is 0 Å². The number of rotatable bonds is 1. The minimum absolute atomic E-state index is 0.0647. The first kappa shape index (κ1) is 7.40. The van der Waals surface area contributed by atoms with E-state index in [0.717, 1.165) is 0 Å². The smallest absolute Gasteiger partial charge is 0.375 e. The third kappa shape index (κ3) is 1.24. The largest absolute Gasteiger partial charge is 0.475 e. The molecule has 0 atom stereocenters. The van der Waals surface area contributed by atoms with Crippen molar-refractivity contribution in [3.63, 3.8) is 0 Å². The van der Waals surface area contributed by atoms with Crippen molar-refractivity contribution >= 4 is 18.1 Å². The summed E-state index contributed by atoms with van der Waals surface area (Å²) in [4.78, 5) is 17.6. The highest BCUT2D eigenvalue weighted by molar-refractivity contribution is 6.35. The Hall–Kier alpha value is -2.25. The second-order valence-electron chi connectivity index (χ2n) is 2.05. The Balaban J connectivity index is 2.38. The van der Waals surface area contributed by atoms with Crippen LogP contribution in [-0.2, 0) is 4.79 Å². The lowest BCUT2D eigenvalue weighted by molar-refractivity contribution is -0.129. The first-order valence-corrected chi connectivity index (χ1v) is 3.19. The molecular weight excluding hydrogens is 176 g/mol. The standard InChI is InChI=1S/C5H2N6O2/c12-5(13)4-8-3(10-11-4)2-6-1-7-9-2/h1H,(H,12,13). The van der Waals surface area contributed by atoms with Gasteiger partial charge in [-0.1, -0.05) is 0 Å². The molecule has 2 heterocycles. The molecule has 0 spiro atoms. The Labute approximate surface area is 71.1 Å². The van der Waals surface area contributed by atoms with E-state index in [0.29, 0.717) is 0 Å². The molecule has 0 aromatic rings. The van der Waals surface area contributed by atoms with Crippen LogP contribution in [0.1, 0.15) is 0 Å². The Morgan fingerprint density at radius 3 is 2.62 bits per heavy atom. The molecule has 0 bridgehead atoms. The molecule has 64 valence electrons. The van der Waals surface area contributed by atoms with Crippen LogP contribution in [-0.4, -0.2) is 23.2 Å². The van der Waals surface area contributed by atoms with Crippen molar-refractivity contribution in [3.8, 4) is 0 Å². The van der Waals surface area contributed by atoms with Gasteiger partial charge >= 0.3 is 5.97 Å². The number of carboxylic acid groups (broad SMARTS) is 1. The summed E-state index contributed by atoms with van der Waals surface area (Å²) in [5.41, 5.74) is 0. The van der Waals surface area contributed by atoms with Crippen molar-refractivity contribution in [3.05, 3.63) is 11.6 Å². The van der Waals surface area contributed by atoms with Gasteiger partial charge in [0.1, 0.15) is 6.34 Å². The Morgan fingerprint density at radius 2 is 2.08 bits per heavy atom. The minimum atomic E-state index is -1.24. The summed E-state index contributed by atoms with van der Waals surface area (Å²) in [6.45, 7) is 0. The fraction of sp³-hybridized carbons (Fsp3) is 0. The summed E-state index contributed by atoms with van der Waals surface area (Å²) >= 11 is 0. The number of nitrogens with zero attached hydrogens (tertiary/aromatic N) is 6. The minimum Gasteiger partial charge on any atom is -0.475 e. The van der Waals surface area contributed by atoms with Crippen molar-refractivity contribution in [2.24, 2.45) is 30.4 Å². The number of hydrogen-bond donors (Lipinski definition) is 1. The van der Waals surface area contributed by atoms with Gasteiger partial charge in [-0.2, -0.15) is 4.99 Å². The van der Waals surface area contributed by atoms with E-state index in [-0.39, 0.29) is 17.5 Å². The van der Waals surface area contributed by atoms with Crippen LogP contribution in [0.5, 0.6) is 0 Å². The number of amidine groups is 1. The van der Waals surface area contributed by atoms with E-state index in [1.54, 1.807) is 0 Å². The Morgan fingerprint density at radius 1 is 1.23 bits per heavy atom.